The average Bonchev–Trinajstić information content (AvgIpc) is 3.02. The Morgan fingerprint density at radius 1 is 1.23 bits per heavy atom. The molecule has 1 amide bonds. The van der Waals surface area contributed by atoms with Crippen molar-refractivity contribution in [2.45, 2.75) is 20.0 Å². The normalized spacial score (nSPS) is 11.0. The molecule has 3 rings (SSSR count). The van der Waals surface area contributed by atoms with Gasteiger partial charge in [-0.25, -0.2) is 4.98 Å². The lowest BCUT2D eigenvalue weighted by molar-refractivity contribution is -0.122. The molecule has 0 aliphatic rings. The number of thiazole rings is 1. The standard InChI is InChI=1S/C20H23N3O2S/c1-3-25-16-8-6-7-15(11-16)12-21-19(24)13-23(2)14-20-22-17-9-4-5-10-18(17)26-20/h4-11H,3,12-14H2,1-2H3,(H,21,24). The lowest BCUT2D eigenvalue weighted by atomic mass is 10.2. The first-order valence-electron chi connectivity index (χ1n) is 8.65. The number of hydrogen-bond donors (Lipinski definition) is 1. The monoisotopic (exact) mass is 369 g/mol. The largest absolute Gasteiger partial charge is 0.494 e. The van der Waals surface area contributed by atoms with Crippen LogP contribution in [0.3, 0.4) is 0 Å². The van der Waals surface area contributed by atoms with E-state index in [1.165, 1.54) is 4.70 Å². The van der Waals surface area contributed by atoms with Gasteiger partial charge in [0.2, 0.25) is 5.91 Å². The second kappa shape index (κ2) is 8.78. The van der Waals surface area contributed by atoms with Crippen LogP contribution in [0.25, 0.3) is 10.2 Å². The summed E-state index contributed by atoms with van der Waals surface area (Å²) in [5, 5.41) is 3.98. The van der Waals surface area contributed by atoms with Crippen molar-refractivity contribution >= 4 is 27.5 Å². The van der Waals surface area contributed by atoms with Crippen LogP contribution in [0, 0.1) is 0 Å². The summed E-state index contributed by atoms with van der Waals surface area (Å²) < 4.78 is 6.66. The Morgan fingerprint density at radius 2 is 2.08 bits per heavy atom. The number of benzene rings is 2. The molecule has 6 heteroatoms. The van der Waals surface area contributed by atoms with Gasteiger partial charge in [-0.3, -0.25) is 9.69 Å². The highest BCUT2D eigenvalue weighted by molar-refractivity contribution is 7.18. The van der Waals surface area contributed by atoms with Gasteiger partial charge >= 0.3 is 0 Å². The maximum atomic E-state index is 12.2. The first kappa shape index (κ1) is 18.4. The minimum Gasteiger partial charge on any atom is -0.494 e. The first-order chi connectivity index (χ1) is 12.6. The SMILES string of the molecule is CCOc1cccc(CNC(=O)CN(C)Cc2nc3ccccc3s2)c1. The number of likely N-dealkylation sites (N-methyl/N-ethyl adjacent to an activating group) is 1. The van der Waals surface area contributed by atoms with Gasteiger partial charge in [0.15, 0.2) is 0 Å². The van der Waals surface area contributed by atoms with E-state index in [-0.39, 0.29) is 5.91 Å². The zero-order valence-corrected chi connectivity index (χ0v) is 15.9. The summed E-state index contributed by atoms with van der Waals surface area (Å²) in [6, 6.07) is 15.9. The lowest BCUT2D eigenvalue weighted by Crippen LogP contribution is -2.34. The second-order valence-corrected chi connectivity index (χ2v) is 7.22. The molecule has 26 heavy (non-hydrogen) atoms. The molecule has 0 saturated carbocycles. The van der Waals surface area contributed by atoms with Crippen LogP contribution in [0.2, 0.25) is 0 Å². The molecule has 5 nitrogen and oxygen atoms in total. The number of carbonyl (C=O) groups is 1. The van der Waals surface area contributed by atoms with Crippen molar-refractivity contribution in [1.82, 2.24) is 15.2 Å². The molecule has 2 aromatic carbocycles. The summed E-state index contributed by atoms with van der Waals surface area (Å²) in [7, 11) is 1.93. The molecule has 0 saturated heterocycles. The van der Waals surface area contributed by atoms with Crippen LogP contribution in [0.4, 0.5) is 0 Å². The molecule has 0 bridgehead atoms. The van der Waals surface area contributed by atoms with E-state index in [4.69, 9.17) is 4.74 Å². The van der Waals surface area contributed by atoms with Gasteiger partial charge in [0, 0.05) is 6.54 Å². The number of aromatic nitrogens is 1. The van der Waals surface area contributed by atoms with Gasteiger partial charge in [0.1, 0.15) is 10.8 Å². The van der Waals surface area contributed by atoms with Crippen LogP contribution in [0.5, 0.6) is 5.75 Å². The fourth-order valence-corrected chi connectivity index (χ4v) is 3.74. The molecule has 0 atom stereocenters. The molecule has 1 heterocycles. The molecule has 3 aromatic rings. The highest BCUT2D eigenvalue weighted by atomic mass is 32.1. The fourth-order valence-electron chi connectivity index (χ4n) is 2.69. The van der Waals surface area contributed by atoms with Gasteiger partial charge < -0.3 is 10.1 Å². The van der Waals surface area contributed by atoms with Crippen LogP contribution in [0.15, 0.2) is 48.5 Å². The third-order valence-corrected chi connectivity index (χ3v) is 4.88. The number of fused-ring (bicyclic) bond motifs is 1. The van der Waals surface area contributed by atoms with Crippen molar-refractivity contribution < 1.29 is 9.53 Å². The Kier molecular flexibility index (Phi) is 6.20. The summed E-state index contributed by atoms with van der Waals surface area (Å²) in [4.78, 5) is 18.8. The molecule has 0 unspecified atom stereocenters. The third-order valence-electron chi connectivity index (χ3n) is 3.86. The Morgan fingerprint density at radius 3 is 2.88 bits per heavy atom. The second-order valence-electron chi connectivity index (χ2n) is 6.10. The third kappa shape index (κ3) is 5.03. The van der Waals surface area contributed by atoms with Gasteiger partial charge in [-0.2, -0.15) is 0 Å². The maximum absolute atomic E-state index is 12.2. The summed E-state index contributed by atoms with van der Waals surface area (Å²) >= 11 is 1.67. The predicted molar refractivity (Wildman–Crippen MR) is 105 cm³/mol. The van der Waals surface area contributed by atoms with E-state index in [1.54, 1.807) is 11.3 Å². The number of hydrogen-bond acceptors (Lipinski definition) is 5. The smallest absolute Gasteiger partial charge is 0.234 e. The topological polar surface area (TPSA) is 54.5 Å². The number of ether oxygens (including phenoxy) is 1. The van der Waals surface area contributed by atoms with Gasteiger partial charge in [-0.1, -0.05) is 24.3 Å². The highest BCUT2D eigenvalue weighted by Gasteiger charge is 2.10. The van der Waals surface area contributed by atoms with E-state index in [1.807, 2.05) is 61.3 Å². The van der Waals surface area contributed by atoms with Crippen LogP contribution in [0.1, 0.15) is 17.5 Å². The van der Waals surface area contributed by atoms with E-state index in [9.17, 15) is 4.79 Å². The number of rotatable bonds is 8. The predicted octanol–water partition coefficient (Wildman–Crippen LogP) is 3.44. The van der Waals surface area contributed by atoms with Gasteiger partial charge in [-0.15, -0.1) is 11.3 Å². The van der Waals surface area contributed by atoms with E-state index >= 15 is 0 Å². The molecular formula is C20H23N3O2S. The Labute approximate surface area is 157 Å². The number of nitrogens with one attached hydrogen (secondary N) is 1. The Hall–Kier alpha value is -2.44. The number of para-hydroxylation sites is 1. The summed E-state index contributed by atoms with van der Waals surface area (Å²) in [5.74, 6) is 0.822. The zero-order chi connectivity index (χ0) is 18.4. The quantitative estimate of drug-likeness (QED) is 0.661. The first-order valence-corrected chi connectivity index (χ1v) is 9.47. The van der Waals surface area contributed by atoms with Crippen molar-refractivity contribution in [1.29, 1.82) is 0 Å². The Balaban J connectivity index is 1.48. The van der Waals surface area contributed by atoms with Crippen LogP contribution in [-0.4, -0.2) is 36.0 Å². The van der Waals surface area contributed by atoms with Crippen molar-refractivity contribution in [2.75, 3.05) is 20.2 Å². The maximum Gasteiger partial charge on any atom is 0.234 e. The van der Waals surface area contributed by atoms with Gasteiger partial charge in [0.25, 0.3) is 0 Å². The van der Waals surface area contributed by atoms with Crippen molar-refractivity contribution in [2.24, 2.45) is 0 Å². The molecule has 0 spiro atoms. The van der Waals surface area contributed by atoms with Crippen molar-refractivity contribution in [3.8, 4) is 5.75 Å². The van der Waals surface area contributed by atoms with E-state index in [0.29, 0.717) is 26.2 Å². The summed E-state index contributed by atoms with van der Waals surface area (Å²) in [5.41, 5.74) is 2.04. The minimum atomic E-state index is -0.00424. The Bertz CT molecular complexity index is 845. The lowest BCUT2D eigenvalue weighted by Gasteiger charge is -2.15. The molecular weight excluding hydrogens is 346 g/mol. The molecule has 0 fully saturated rings. The van der Waals surface area contributed by atoms with E-state index in [0.717, 1.165) is 21.8 Å². The highest BCUT2D eigenvalue weighted by Crippen LogP contribution is 2.22. The van der Waals surface area contributed by atoms with Crippen molar-refractivity contribution in [3.05, 3.63) is 59.1 Å². The van der Waals surface area contributed by atoms with Crippen LogP contribution >= 0.6 is 11.3 Å². The van der Waals surface area contributed by atoms with Gasteiger partial charge in [-0.05, 0) is 43.8 Å². The number of nitrogens with zero attached hydrogens (tertiary/aromatic N) is 2. The van der Waals surface area contributed by atoms with E-state index < -0.39 is 0 Å². The number of amides is 1. The van der Waals surface area contributed by atoms with Crippen LogP contribution < -0.4 is 10.1 Å². The molecule has 0 aliphatic carbocycles. The number of carbonyl (C=O) groups excluding carboxylic acids is 1. The molecule has 0 aliphatic heterocycles. The van der Waals surface area contributed by atoms with E-state index in [2.05, 4.69) is 16.4 Å². The summed E-state index contributed by atoms with van der Waals surface area (Å²) in [6.45, 7) is 4.07. The molecule has 136 valence electrons. The fraction of sp³-hybridized carbons (Fsp3) is 0.300. The minimum absolute atomic E-state index is 0.00424. The molecule has 1 aromatic heterocycles. The zero-order valence-electron chi connectivity index (χ0n) is 15.1. The van der Waals surface area contributed by atoms with Gasteiger partial charge in [0.05, 0.1) is 29.9 Å². The van der Waals surface area contributed by atoms with Crippen LogP contribution in [-0.2, 0) is 17.9 Å². The molecule has 0 radical (unpaired) electrons. The van der Waals surface area contributed by atoms with Crippen molar-refractivity contribution in [3.63, 3.8) is 0 Å². The average molecular weight is 369 g/mol. The summed E-state index contributed by atoms with van der Waals surface area (Å²) in [6.07, 6.45) is 0. The molecule has 1 N–H and O–H groups in total.